The molecule has 0 saturated heterocycles. The van der Waals surface area contributed by atoms with Gasteiger partial charge in [-0.25, -0.2) is 4.99 Å². The molecule has 0 aliphatic carbocycles. The number of rotatable bonds is 8. The summed E-state index contributed by atoms with van der Waals surface area (Å²) in [5.74, 6) is 2.06. The third-order valence-corrected chi connectivity index (χ3v) is 4.17. The van der Waals surface area contributed by atoms with Crippen LogP contribution in [0.1, 0.15) is 25.0 Å². The Labute approximate surface area is 160 Å². The van der Waals surface area contributed by atoms with E-state index in [1.807, 2.05) is 32.2 Å². The van der Waals surface area contributed by atoms with Crippen molar-refractivity contribution in [3.63, 3.8) is 0 Å². The van der Waals surface area contributed by atoms with Crippen molar-refractivity contribution in [1.82, 2.24) is 20.4 Å². The van der Waals surface area contributed by atoms with E-state index >= 15 is 0 Å². The van der Waals surface area contributed by atoms with Crippen LogP contribution in [0.2, 0.25) is 0 Å². The van der Waals surface area contributed by atoms with Gasteiger partial charge in [0, 0.05) is 37.0 Å². The molecule has 148 valence electrons. The van der Waals surface area contributed by atoms with Crippen LogP contribution in [0.25, 0.3) is 0 Å². The molecular formula is C19H29N5O3. The second-order valence-electron chi connectivity index (χ2n) is 6.40. The number of aryl methyl sites for hydroxylation is 1. The molecule has 0 aliphatic heterocycles. The van der Waals surface area contributed by atoms with Gasteiger partial charge in [-0.3, -0.25) is 4.68 Å². The Hall–Kier alpha value is -2.74. The fourth-order valence-electron chi connectivity index (χ4n) is 2.55. The van der Waals surface area contributed by atoms with Crippen LogP contribution in [0, 0.1) is 0 Å². The number of nitrogens with zero attached hydrogens (tertiary/aromatic N) is 3. The Balaban J connectivity index is 2.08. The zero-order valence-corrected chi connectivity index (χ0v) is 16.6. The minimum absolute atomic E-state index is 0.296. The third-order valence-electron chi connectivity index (χ3n) is 4.17. The zero-order valence-electron chi connectivity index (χ0n) is 16.6. The average molecular weight is 375 g/mol. The first kappa shape index (κ1) is 20.6. The molecule has 0 bridgehead atoms. The van der Waals surface area contributed by atoms with Crippen molar-refractivity contribution < 1.29 is 14.6 Å². The second kappa shape index (κ2) is 9.27. The van der Waals surface area contributed by atoms with Crippen LogP contribution in [0.4, 0.5) is 0 Å². The molecule has 8 nitrogen and oxygen atoms in total. The summed E-state index contributed by atoms with van der Waals surface area (Å²) >= 11 is 0. The molecule has 27 heavy (non-hydrogen) atoms. The Morgan fingerprint density at radius 3 is 2.67 bits per heavy atom. The van der Waals surface area contributed by atoms with Crippen molar-refractivity contribution in [3.8, 4) is 11.5 Å². The van der Waals surface area contributed by atoms with Crippen LogP contribution in [0.5, 0.6) is 11.5 Å². The molecule has 0 radical (unpaired) electrons. The SMILES string of the molecule is CCNC(=NCc1ccc(OC)cc1OC)NCC(C)(O)c1cnn(C)c1. The smallest absolute Gasteiger partial charge is 0.191 e. The van der Waals surface area contributed by atoms with Gasteiger partial charge in [-0.15, -0.1) is 0 Å². The Morgan fingerprint density at radius 1 is 1.30 bits per heavy atom. The predicted octanol–water partition coefficient (Wildman–Crippen LogP) is 1.40. The number of nitrogens with one attached hydrogen (secondary N) is 2. The lowest BCUT2D eigenvalue weighted by Crippen LogP contribution is -2.44. The highest BCUT2D eigenvalue weighted by molar-refractivity contribution is 5.79. The van der Waals surface area contributed by atoms with Crippen LogP contribution in [0.15, 0.2) is 35.6 Å². The van der Waals surface area contributed by atoms with Gasteiger partial charge in [-0.1, -0.05) is 0 Å². The van der Waals surface area contributed by atoms with Gasteiger partial charge < -0.3 is 25.2 Å². The number of aliphatic hydroxyl groups is 1. The van der Waals surface area contributed by atoms with E-state index in [0.29, 0.717) is 25.6 Å². The van der Waals surface area contributed by atoms with E-state index in [0.717, 1.165) is 22.6 Å². The monoisotopic (exact) mass is 375 g/mol. The average Bonchev–Trinajstić information content (AvgIpc) is 3.11. The molecule has 2 rings (SSSR count). The van der Waals surface area contributed by atoms with Crippen LogP contribution >= 0.6 is 0 Å². The highest BCUT2D eigenvalue weighted by Crippen LogP contribution is 2.25. The first-order valence-corrected chi connectivity index (χ1v) is 8.84. The van der Waals surface area contributed by atoms with Crippen LogP contribution in [-0.2, 0) is 19.2 Å². The van der Waals surface area contributed by atoms with Gasteiger partial charge in [0.25, 0.3) is 0 Å². The van der Waals surface area contributed by atoms with Gasteiger partial charge in [0.05, 0.1) is 33.5 Å². The summed E-state index contributed by atoms with van der Waals surface area (Å²) in [5, 5.41) is 21.2. The maximum absolute atomic E-state index is 10.7. The van der Waals surface area contributed by atoms with Crippen molar-refractivity contribution in [3.05, 3.63) is 41.7 Å². The number of hydrogen-bond acceptors (Lipinski definition) is 5. The predicted molar refractivity (Wildman–Crippen MR) is 105 cm³/mol. The molecule has 1 aromatic carbocycles. The molecule has 8 heteroatoms. The number of ether oxygens (including phenoxy) is 2. The summed E-state index contributed by atoms with van der Waals surface area (Å²) in [4.78, 5) is 4.59. The minimum Gasteiger partial charge on any atom is -0.497 e. The number of guanidine groups is 1. The topological polar surface area (TPSA) is 92.9 Å². The largest absolute Gasteiger partial charge is 0.497 e. The molecule has 0 fully saturated rings. The van der Waals surface area contributed by atoms with Crippen molar-refractivity contribution in [1.29, 1.82) is 0 Å². The molecule has 0 saturated carbocycles. The molecule has 1 aromatic heterocycles. The quantitative estimate of drug-likeness (QED) is 0.477. The summed E-state index contributed by atoms with van der Waals surface area (Å²) in [6.07, 6.45) is 3.46. The van der Waals surface area contributed by atoms with Gasteiger partial charge >= 0.3 is 0 Å². The van der Waals surface area contributed by atoms with Gasteiger partial charge in [0.1, 0.15) is 17.1 Å². The van der Waals surface area contributed by atoms with Gasteiger partial charge in [0.15, 0.2) is 5.96 Å². The summed E-state index contributed by atoms with van der Waals surface area (Å²) in [6.45, 7) is 5.17. The van der Waals surface area contributed by atoms with Crippen LogP contribution in [-0.4, -0.2) is 48.2 Å². The highest BCUT2D eigenvalue weighted by atomic mass is 16.5. The molecule has 1 heterocycles. The number of methoxy groups -OCH3 is 2. The molecule has 0 spiro atoms. The first-order valence-electron chi connectivity index (χ1n) is 8.84. The third kappa shape index (κ3) is 5.62. The Morgan fingerprint density at radius 2 is 2.07 bits per heavy atom. The van der Waals surface area contributed by atoms with Gasteiger partial charge in [0.2, 0.25) is 0 Å². The minimum atomic E-state index is -1.07. The number of benzene rings is 1. The van der Waals surface area contributed by atoms with Crippen molar-refractivity contribution in [2.24, 2.45) is 12.0 Å². The maximum atomic E-state index is 10.7. The molecule has 3 N–H and O–H groups in total. The van der Waals surface area contributed by atoms with Crippen molar-refractivity contribution >= 4 is 5.96 Å². The van der Waals surface area contributed by atoms with Crippen molar-refractivity contribution in [2.45, 2.75) is 26.0 Å². The molecule has 1 atom stereocenters. The van der Waals surface area contributed by atoms with E-state index in [4.69, 9.17) is 9.47 Å². The van der Waals surface area contributed by atoms with E-state index < -0.39 is 5.60 Å². The van der Waals surface area contributed by atoms with E-state index in [1.165, 1.54) is 0 Å². The Bertz CT molecular complexity index is 770. The van der Waals surface area contributed by atoms with Crippen LogP contribution in [0.3, 0.4) is 0 Å². The van der Waals surface area contributed by atoms with E-state index in [1.54, 1.807) is 38.2 Å². The summed E-state index contributed by atoms with van der Waals surface area (Å²) in [6, 6.07) is 5.63. The number of hydrogen-bond donors (Lipinski definition) is 3. The lowest BCUT2D eigenvalue weighted by Gasteiger charge is -2.23. The summed E-state index contributed by atoms with van der Waals surface area (Å²) in [7, 11) is 5.06. The highest BCUT2D eigenvalue weighted by Gasteiger charge is 2.25. The lowest BCUT2D eigenvalue weighted by atomic mass is 10.00. The summed E-state index contributed by atoms with van der Waals surface area (Å²) < 4.78 is 12.3. The first-order chi connectivity index (χ1) is 12.9. The standard InChI is InChI=1S/C19H29N5O3/c1-6-20-18(22-13-19(2,25)15-11-23-24(3)12-15)21-10-14-7-8-16(26-4)9-17(14)27-5/h7-9,11-12,25H,6,10,13H2,1-5H3,(H2,20,21,22). The fraction of sp³-hybridized carbons (Fsp3) is 0.474. The molecular weight excluding hydrogens is 346 g/mol. The van der Waals surface area contributed by atoms with E-state index in [2.05, 4.69) is 20.7 Å². The summed E-state index contributed by atoms with van der Waals surface area (Å²) in [5.41, 5.74) is 0.613. The Kier molecular flexibility index (Phi) is 7.06. The van der Waals surface area contributed by atoms with E-state index in [-0.39, 0.29) is 0 Å². The zero-order chi connectivity index (χ0) is 19.9. The molecule has 2 aromatic rings. The lowest BCUT2D eigenvalue weighted by molar-refractivity contribution is 0.0616. The fourth-order valence-corrected chi connectivity index (χ4v) is 2.55. The van der Waals surface area contributed by atoms with Crippen LogP contribution < -0.4 is 20.1 Å². The maximum Gasteiger partial charge on any atom is 0.191 e. The van der Waals surface area contributed by atoms with Crippen molar-refractivity contribution in [2.75, 3.05) is 27.3 Å². The molecule has 0 aliphatic rings. The molecule has 0 amide bonds. The van der Waals surface area contributed by atoms with E-state index in [9.17, 15) is 5.11 Å². The molecule has 1 unspecified atom stereocenters. The van der Waals surface area contributed by atoms with Gasteiger partial charge in [-0.2, -0.15) is 5.10 Å². The number of aliphatic imine (C=N–C) groups is 1. The van der Waals surface area contributed by atoms with Gasteiger partial charge in [-0.05, 0) is 26.0 Å². The second-order valence-corrected chi connectivity index (χ2v) is 6.40. The number of aromatic nitrogens is 2. The normalized spacial score (nSPS) is 13.8.